The summed E-state index contributed by atoms with van der Waals surface area (Å²) in [5.74, 6) is 0.618. The minimum absolute atomic E-state index is 0.0867. The SMILES string of the molecule is OCC1(O)COc2cc(-c3ccccc3)nn2C1. The van der Waals surface area contributed by atoms with E-state index in [4.69, 9.17) is 9.84 Å². The lowest BCUT2D eigenvalue weighted by molar-refractivity contribution is -0.0802. The molecule has 0 saturated carbocycles. The van der Waals surface area contributed by atoms with E-state index in [0.29, 0.717) is 5.88 Å². The number of rotatable bonds is 2. The maximum absolute atomic E-state index is 9.97. The van der Waals surface area contributed by atoms with Crippen molar-refractivity contribution >= 4 is 0 Å². The molecular formula is C13H14N2O3. The van der Waals surface area contributed by atoms with Crippen molar-refractivity contribution in [2.24, 2.45) is 0 Å². The summed E-state index contributed by atoms with van der Waals surface area (Å²) < 4.78 is 7.01. The first kappa shape index (κ1) is 11.3. The van der Waals surface area contributed by atoms with Crippen LogP contribution in [0, 0.1) is 0 Å². The van der Waals surface area contributed by atoms with Gasteiger partial charge in [0.15, 0.2) is 0 Å². The average Bonchev–Trinajstić information content (AvgIpc) is 2.82. The second kappa shape index (κ2) is 4.12. The van der Waals surface area contributed by atoms with Gasteiger partial charge in [-0.3, -0.25) is 0 Å². The van der Waals surface area contributed by atoms with Crippen molar-refractivity contribution in [3.63, 3.8) is 0 Å². The quantitative estimate of drug-likeness (QED) is 0.817. The topological polar surface area (TPSA) is 67.5 Å². The van der Waals surface area contributed by atoms with Gasteiger partial charge in [-0.1, -0.05) is 30.3 Å². The molecule has 1 atom stereocenters. The molecule has 2 heterocycles. The van der Waals surface area contributed by atoms with Crippen molar-refractivity contribution < 1.29 is 14.9 Å². The van der Waals surface area contributed by atoms with Crippen molar-refractivity contribution in [3.05, 3.63) is 36.4 Å². The Hall–Kier alpha value is -1.85. The second-order valence-corrected chi connectivity index (χ2v) is 4.56. The highest BCUT2D eigenvalue weighted by Crippen LogP contribution is 2.28. The molecular weight excluding hydrogens is 232 g/mol. The van der Waals surface area contributed by atoms with Gasteiger partial charge in [-0.25, -0.2) is 4.68 Å². The molecule has 2 aromatic rings. The highest BCUT2D eigenvalue weighted by atomic mass is 16.5. The maximum Gasteiger partial charge on any atom is 0.212 e. The molecule has 94 valence electrons. The summed E-state index contributed by atoms with van der Waals surface area (Å²) in [7, 11) is 0. The number of nitrogens with zero attached hydrogens (tertiary/aromatic N) is 2. The van der Waals surface area contributed by atoms with E-state index in [1.165, 1.54) is 0 Å². The minimum Gasteiger partial charge on any atom is -0.475 e. The molecule has 1 unspecified atom stereocenters. The summed E-state index contributed by atoms with van der Waals surface area (Å²) in [6, 6.07) is 11.6. The van der Waals surface area contributed by atoms with Crippen LogP contribution in [-0.4, -0.2) is 38.8 Å². The molecule has 5 nitrogen and oxygen atoms in total. The number of fused-ring (bicyclic) bond motifs is 1. The minimum atomic E-state index is -1.24. The molecule has 1 aliphatic rings. The maximum atomic E-state index is 9.97. The first-order valence-corrected chi connectivity index (χ1v) is 5.79. The fraction of sp³-hybridized carbons (Fsp3) is 0.308. The summed E-state index contributed by atoms with van der Waals surface area (Å²) in [6.07, 6.45) is 0. The third kappa shape index (κ3) is 1.87. The monoisotopic (exact) mass is 246 g/mol. The Morgan fingerprint density at radius 1 is 1.33 bits per heavy atom. The Bertz CT molecular complexity index is 553. The fourth-order valence-electron chi connectivity index (χ4n) is 2.01. The van der Waals surface area contributed by atoms with Gasteiger partial charge in [0, 0.05) is 11.6 Å². The lowest BCUT2D eigenvalue weighted by atomic mass is 10.1. The number of aliphatic hydroxyl groups is 2. The number of aliphatic hydroxyl groups excluding tert-OH is 1. The molecule has 1 aliphatic heterocycles. The molecule has 0 aliphatic carbocycles. The third-order valence-electron chi connectivity index (χ3n) is 3.04. The number of hydrogen-bond donors (Lipinski definition) is 2. The van der Waals surface area contributed by atoms with Crippen LogP contribution in [0.4, 0.5) is 0 Å². The predicted octanol–water partition coefficient (Wildman–Crippen LogP) is 0.666. The van der Waals surface area contributed by atoms with Crippen molar-refractivity contribution in [1.29, 1.82) is 0 Å². The highest BCUT2D eigenvalue weighted by Gasteiger charge is 2.34. The van der Waals surface area contributed by atoms with Crippen LogP contribution >= 0.6 is 0 Å². The Morgan fingerprint density at radius 3 is 2.83 bits per heavy atom. The summed E-state index contributed by atoms with van der Waals surface area (Å²) in [6.45, 7) is -0.0118. The second-order valence-electron chi connectivity index (χ2n) is 4.56. The van der Waals surface area contributed by atoms with Crippen LogP contribution in [0.3, 0.4) is 0 Å². The predicted molar refractivity (Wildman–Crippen MR) is 65.2 cm³/mol. The lowest BCUT2D eigenvalue weighted by Gasteiger charge is -2.30. The van der Waals surface area contributed by atoms with Gasteiger partial charge in [0.25, 0.3) is 0 Å². The lowest BCUT2D eigenvalue weighted by Crippen LogP contribution is -2.47. The zero-order chi connectivity index (χ0) is 12.6. The Kier molecular flexibility index (Phi) is 2.57. The number of hydrogen-bond acceptors (Lipinski definition) is 4. The zero-order valence-electron chi connectivity index (χ0n) is 9.78. The molecule has 0 spiro atoms. The summed E-state index contributed by atoms with van der Waals surface area (Å²) in [5, 5.41) is 23.5. The molecule has 3 rings (SSSR count). The Morgan fingerprint density at radius 2 is 2.11 bits per heavy atom. The van der Waals surface area contributed by atoms with Crippen LogP contribution < -0.4 is 4.74 Å². The summed E-state index contributed by atoms with van der Waals surface area (Å²) >= 11 is 0. The number of benzene rings is 1. The van der Waals surface area contributed by atoms with E-state index in [1.54, 1.807) is 4.68 Å². The Labute approximate surface area is 104 Å². The third-order valence-corrected chi connectivity index (χ3v) is 3.04. The molecule has 0 fully saturated rings. The van der Waals surface area contributed by atoms with Crippen molar-refractivity contribution in [3.8, 4) is 17.1 Å². The van der Waals surface area contributed by atoms with E-state index in [2.05, 4.69) is 5.10 Å². The van der Waals surface area contributed by atoms with Gasteiger partial charge in [-0.2, -0.15) is 5.10 Å². The van der Waals surface area contributed by atoms with Gasteiger partial charge in [0.1, 0.15) is 12.2 Å². The molecule has 0 amide bonds. The van der Waals surface area contributed by atoms with Crippen molar-refractivity contribution in [2.75, 3.05) is 13.2 Å². The molecule has 0 bridgehead atoms. The fourth-order valence-corrected chi connectivity index (χ4v) is 2.01. The van der Waals surface area contributed by atoms with E-state index in [-0.39, 0.29) is 19.8 Å². The largest absolute Gasteiger partial charge is 0.475 e. The molecule has 2 N–H and O–H groups in total. The zero-order valence-corrected chi connectivity index (χ0v) is 9.78. The number of aromatic nitrogens is 2. The molecule has 0 radical (unpaired) electrons. The average molecular weight is 246 g/mol. The standard InChI is InChI=1S/C13H14N2O3/c16-8-13(17)7-15-12(18-9-13)6-11(14-15)10-4-2-1-3-5-10/h1-6,16-17H,7-9H2. The van der Waals surface area contributed by atoms with Crippen LogP contribution in [0.25, 0.3) is 11.3 Å². The number of ether oxygens (including phenoxy) is 1. The molecule has 0 saturated heterocycles. The van der Waals surface area contributed by atoms with Crippen molar-refractivity contribution in [2.45, 2.75) is 12.1 Å². The van der Waals surface area contributed by atoms with Gasteiger partial charge in [-0.15, -0.1) is 0 Å². The van der Waals surface area contributed by atoms with Gasteiger partial charge in [0.2, 0.25) is 5.88 Å². The van der Waals surface area contributed by atoms with Crippen LogP contribution in [0.15, 0.2) is 36.4 Å². The summed E-state index contributed by atoms with van der Waals surface area (Å²) in [5.41, 5.74) is 0.552. The van der Waals surface area contributed by atoms with E-state index < -0.39 is 5.60 Å². The smallest absolute Gasteiger partial charge is 0.212 e. The highest BCUT2D eigenvalue weighted by molar-refractivity contribution is 5.60. The molecule has 18 heavy (non-hydrogen) atoms. The van der Waals surface area contributed by atoms with Crippen LogP contribution in [0.1, 0.15) is 0 Å². The normalized spacial score (nSPS) is 22.3. The Balaban J connectivity index is 1.95. The molecule has 1 aromatic heterocycles. The van der Waals surface area contributed by atoms with Crippen LogP contribution in [0.5, 0.6) is 5.88 Å². The van der Waals surface area contributed by atoms with E-state index >= 15 is 0 Å². The van der Waals surface area contributed by atoms with Crippen LogP contribution in [-0.2, 0) is 6.54 Å². The van der Waals surface area contributed by atoms with Crippen molar-refractivity contribution in [1.82, 2.24) is 9.78 Å². The first-order chi connectivity index (χ1) is 8.70. The van der Waals surface area contributed by atoms with Gasteiger partial charge in [-0.05, 0) is 0 Å². The van der Waals surface area contributed by atoms with Crippen LogP contribution in [0.2, 0.25) is 0 Å². The first-order valence-electron chi connectivity index (χ1n) is 5.79. The summed E-state index contributed by atoms with van der Waals surface area (Å²) in [4.78, 5) is 0. The van der Waals surface area contributed by atoms with E-state index in [0.717, 1.165) is 11.3 Å². The van der Waals surface area contributed by atoms with Gasteiger partial charge < -0.3 is 14.9 Å². The van der Waals surface area contributed by atoms with E-state index in [9.17, 15) is 5.11 Å². The van der Waals surface area contributed by atoms with E-state index in [1.807, 2.05) is 36.4 Å². The van der Waals surface area contributed by atoms with Gasteiger partial charge in [0.05, 0.1) is 18.8 Å². The van der Waals surface area contributed by atoms with Gasteiger partial charge >= 0.3 is 0 Å². The molecule has 5 heteroatoms. The molecule has 1 aromatic carbocycles.